The van der Waals surface area contributed by atoms with Crippen molar-refractivity contribution in [2.24, 2.45) is 5.73 Å². The molecular formula is C16H17ClN2. The first kappa shape index (κ1) is 13.8. The van der Waals surface area contributed by atoms with Crippen LogP contribution in [0.1, 0.15) is 29.2 Å². The topological polar surface area (TPSA) is 49.9 Å². The molecule has 3 N–H and O–H groups in total. The molecule has 0 saturated carbocycles. The molecule has 0 aliphatic heterocycles. The van der Waals surface area contributed by atoms with Crippen molar-refractivity contribution in [2.45, 2.75) is 19.4 Å². The lowest BCUT2D eigenvalue weighted by Gasteiger charge is -2.13. The maximum atomic E-state index is 8.11. The van der Waals surface area contributed by atoms with E-state index in [1.54, 1.807) is 12.1 Å². The van der Waals surface area contributed by atoms with E-state index in [0.29, 0.717) is 17.2 Å². The zero-order valence-corrected chi connectivity index (χ0v) is 11.6. The monoisotopic (exact) mass is 272 g/mol. The lowest BCUT2D eigenvalue weighted by Crippen LogP contribution is -2.15. The van der Waals surface area contributed by atoms with Crippen LogP contribution in [0.3, 0.4) is 0 Å². The van der Waals surface area contributed by atoms with Gasteiger partial charge in [-0.25, -0.2) is 0 Å². The number of halogens is 1. The van der Waals surface area contributed by atoms with E-state index in [-0.39, 0.29) is 6.04 Å². The summed E-state index contributed by atoms with van der Waals surface area (Å²) in [5.41, 5.74) is 9.82. The highest BCUT2D eigenvalue weighted by atomic mass is 35.5. The van der Waals surface area contributed by atoms with Gasteiger partial charge in [-0.15, -0.1) is 0 Å². The number of nitrogens with one attached hydrogen (secondary N) is 1. The van der Waals surface area contributed by atoms with Crippen molar-refractivity contribution in [2.75, 3.05) is 0 Å². The minimum atomic E-state index is -0.150. The summed E-state index contributed by atoms with van der Waals surface area (Å²) in [7, 11) is 0. The molecule has 98 valence electrons. The quantitative estimate of drug-likeness (QED) is 0.809. The van der Waals surface area contributed by atoms with E-state index in [9.17, 15) is 0 Å². The molecule has 0 radical (unpaired) electrons. The van der Waals surface area contributed by atoms with Gasteiger partial charge >= 0.3 is 0 Å². The first-order valence-electron chi connectivity index (χ1n) is 6.22. The highest BCUT2D eigenvalue weighted by Gasteiger charge is 2.10. The molecule has 0 aliphatic rings. The minimum absolute atomic E-state index is 0.150. The molecule has 0 aliphatic carbocycles. The average Bonchev–Trinajstić information content (AvgIpc) is 2.39. The summed E-state index contributed by atoms with van der Waals surface area (Å²) in [5, 5.41) is 8.79. The predicted octanol–water partition coefficient (Wildman–Crippen LogP) is 4.11. The molecule has 0 amide bonds. The molecule has 2 aromatic rings. The van der Waals surface area contributed by atoms with Gasteiger partial charge in [0.25, 0.3) is 0 Å². The molecule has 19 heavy (non-hydrogen) atoms. The minimum Gasteiger partial charge on any atom is -0.324 e. The first-order chi connectivity index (χ1) is 9.06. The molecule has 2 rings (SSSR count). The van der Waals surface area contributed by atoms with Crippen LogP contribution in [-0.2, 0) is 0 Å². The van der Waals surface area contributed by atoms with Gasteiger partial charge in [-0.3, -0.25) is 0 Å². The van der Waals surface area contributed by atoms with Gasteiger partial charge in [0, 0.05) is 23.2 Å². The van der Waals surface area contributed by atoms with Gasteiger partial charge in [0.15, 0.2) is 0 Å². The van der Waals surface area contributed by atoms with E-state index in [1.807, 2.05) is 37.3 Å². The Balaban J connectivity index is 2.08. The number of nitrogens with two attached hydrogens (primary N) is 1. The fourth-order valence-corrected chi connectivity index (χ4v) is 2.13. The zero-order valence-electron chi connectivity index (χ0n) is 10.9. The van der Waals surface area contributed by atoms with Crippen molar-refractivity contribution in [1.82, 2.24) is 0 Å². The van der Waals surface area contributed by atoms with E-state index in [2.05, 4.69) is 6.07 Å². The maximum Gasteiger partial charge on any atom is 0.0406 e. The summed E-state index contributed by atoms with van der Waals surface area (Å²) in [6.07, 6.45) is 0.519. The van der Waals surface area contributed by atoms with Crippen molar-refractivity contribution in [3.63, 3.8) is 0 Å². The van der Waals surface area contributed by atoms with Crippen LogP contribution in [-0.4, -0.2) is 5.71 Å². The highest BCUT2D eigenvalue weighted by Crippen LogP contribution is 2.19. The van der Waals surface area contributed by atoms with Gasteiger partial charge in [0.2, 0.25) is 0 Å². The van der Waals surface area contributed by atoms with Gasteiger partial charge in [0.1, 0.15) is 0 Å². The SMILES string of the molecule is Cc1cccc(C(N)CC(=N)c2ccc(Cl)cc2)c1. The zero-order chi connectivity index (χ0) is 13.8. The number of benzene rings is 2. The number of rotatable bonds is 4. The molecule has 0 aromatic heterocycles. The Morgan fingerprint density at radius 2 is 1.89 bits per heavy atom. The van der Waals surface area contributed by atoms with Crippen molar-refractivity contribution >= 4 is 17.3 Å². The molecule has 2 aromatic carbocycles. The number of hydrogen-bond acceptors (Lipinski definition) is 2. The Bertz CT molecular complexity index is 576. The summed E-state index contributed by atoms with van der Waals surface area (Å²) in [6.45, 7) is 2.04. The molecule has 0 saturated heterocycles. The van der Waals surface area contributed by atoms with Gasteiger partial charge in [-0.1, -0.05) is 53.6 Å². The largest absolute Gasteiger partial charge is 0.324 e. The molecule has 0 heterocycles. The lowest BCUT2D eigenvalue weighted by molar-refractivity contribution is 0.759. The van der Waals surface area contributed by atoms with Crippen LogP contribution in [0, 0.1) is 12.3 Å². The molecule has 1 unspecified atom stereocenters. The summed E-state index contributed by atoms with van der Waals surface area (Å²) >= 11 is 5.84. The first-order valence-corrected chi connectivity index (χ1v) is 6.59. The molecule has 0 spiro atoms. The van der Waals surface area contributed by atoms with Crippen LogP contribution in [0.4, 0.5) is 0 Å². The van der Waals surface area contributed by atoms with E-state index >= 15 is 0 Å². The van der Waals surface area contributed by atoms with Gasteiger partial charge in [-0.2, -0.15) is 0 Å². The van der Waals surface area contributed by atoms with Crippen LogP contribution in [0.5, 0.6) is 0 Å². The molecular weight excluding hydrogens is 256 g/mol. The molecule has 2 nitrogen and oxygen atoms in total. The second-order valence-electron chi connectivity index (χ2n) is 4.71. The second-order valence-corrected chi connectivity index (χ2v) is 5.15. The predicted molar refractivity (Wildman–Crippen MR) is 81.0 cm³/mol. The Morgan fingerprint density at radius 3 is 2.53 bits per heavy atom. The standard InChI is InChI=1S/C16H17ClN2/c1-11-3-2-4-13(9-11)16(19)10-15(18)12-5-7-14(17)8-6-12/h2-9,16,18H,10,19H2,1H3. The van der Waals surface area contributed by atoms with Crippen LogP contribution < -0.4 is 5.73 Å². The van der Waals surface area contributed by atoms with Crippen molar-refractivity contribution in [3.8, 4) is 0 Å². The van der Waals surface area contributed by atoms with Crippen LogP contribution in [0.2, 0.25) is 5.02 Å². The van der Waals surface area contributed by atoms with Crippen molar-refractivity contribution < 1.29 is 0 Å². The van der Waals surface area contributed by atoms with Crippen LogP contribution in [0.25, 0.3) is 0 Å². The summed E-state index contributed by atoms with van der Waals surface area (Å²) in [6, 6.07) is 15.3. The van der Waals surface area contributed by atoms with Crippen LogP contribution in [0.15, 0.2) is 48.5 Å². The number of hydrogen-bond donors (Lipinski definition) is 2. The van der Waals surface area contributed by atoms with E-state index in [0.717, 1.165) is 11.1 Å². The van der Waals surface area contributed by atoms with E-state index in [4.69, 9.17) is 22.7 Å². The van der Waals surface area contributed by atoms with Gasteiger partial charge < -0.3 is 11.1 Å². The second kappa shape index (κ2) is 6.00. The Morgan fingerprint density at radius 1 is 1.21 bits per heavy atom. The fraction of sp³-hybridized carbons (Fsp3) is 0.188. The van der Waals surface area contributed by atoms with Crippen molar-refractivity contribution in [3.05, 3.63) is 70.2 Å². The summed E-state index contributed by atoms with van der Waals surface area (Å²) in [4.78, 5) is 0. The third-order valence-electron chi connectivity index (χ3n) is 3.09. The van der Waals surface area contributed by atoms with Gasteiger partial charge in [0.05, 0.1) is 0 Å². The summed E-state index contributed by atoms with van der Waals surface area (Å²) in [5.74, 6) is 0. The van der Waals surface area contributed by atoms with E-state index < -0.39 is 0 Å². The highest BCUT2D eigenvalue weighted by molar-refractivity contribution is 6.30. The normalized spacial score (nSPS) is 12.2. The molecule has 3 heteroatoms. The average molecular weight is 273 g/mol. The Hall–Kier alpha value is -1.64. The lowest BCUT2D eigenvalue weighted by atomic mass is 9.97. The third-order valence-corrected chi connectivity index (χ3v) is 3.34. The summed E-state index contributed by atoms with van der Waals surface area (Å²) < 4.78 is 0. The Labute approximate surface area is 118 Å². The number of aryl methyl sites for hydroxylation is 1. The maximum absolute atomic E-state index is 8.11. The van der Waals surface area contributed by atoms with Crippen molar-refractivity contribution in [1.29, 1.82) is 5.41 Å². The molecule has 1 atom stereocenters. The van der Waals surface area contributed by atoms with Crippen LogP contribution >= 0.6 is 11.6 Å². The smallest absolute Gasteiger partial charge is 0.0406 e. The van der Waals surface area contributed by atoms with Gasteiger partial charge in [-0.05, 0) is 30.2 Å². The Kier molecular flexibility index (Phi) is 4.35. The third kappa shape index (κ3) is 3.66. The molecule has 0 fully saturated rings. The van der Waals surface area contributed by atoms with E-state index in [1.165, 1.54) is 5.56 Å². The fourth-order valence-electron chi connectivity index (χ4n) is 2.01. The molecule has 0 bridgehead atoms.